The number of H-pyrrole nitrogens is 2. The molecule has 202 valence electrons. The van der Waals surface area contributed by atoms with E-state index >= 15 is 0 Å². The van der Waals surface area contributed by atoms with E-state index in [9.17, 15) is 29.1 Å². The van der Waals surface area contributed by atoms with Gasteiger partial charge in [-0.25, -0.2) is 14.8 Å². The molecule has 0 radical (unpaired) electrons. The average molecular weight is 521 g/mol. The van der Waals surface area contributed by atoms with Crippen LogP contribution in [0.25, 0.3) is 0 Å². The zero-order valence-corrected chi connectivity index (χ0v) is 20.4. The molecule has 15 nitrogen and oxygen atoms in total. The maximum absolute atomic E-state index is 13.2. The lowest BCUT2D eigenvalue weighted by Crippen LogP contribution is -2.59. The minimum atomic E-state index is -1.48. The van der Waals surface area contributed by atoms with Crippen molar-refractivity contribution in [2.24, 2.45) is 11.7 Å². The summed E-state index contributed by atoms with van der Waals surface area (Å²) in [6.07, 6.45) is 5.05. The highest BCUT2D eigenvalue weighted by Gasteiger charge is 2.32. The number of carboxylic acid groups (broad SMARTS) is 2. The maximum atomic E-state index is 13.2. The predicted octanol–water partition coefficient (Wildman–Crippen LogP) is -1.69. The molecule has 0 aromatic carbocycles. The van der Waals surface area contributed by atoms with Crippen LogP contribution in [0.3, 0.4) is 0 Å². The Kier molecular flexibility index (Phi) is 10.7. The lowest BCUT2D eigenvalue weighted by Gasteiger charge is -2.26. The second-order valence-electron chi connectivity index (χ2n) is 8.79. The van der Waals surface area contributed by atoms with E-state index in [0.29, 0.717) is 11.4 Å². The summed E-state index contributed by atoms with van der Waals surface area (Å²) in [4.78, 5) is 74.5. The normalized spacial score (nSPS) is 14.3. The number of carboxylic acids is 2. The number of rotatable bonds is 15. The van der Waals surface area contributed by atoms with Crippen molar-refractivity contribution in [2.45, 2.75) is 63.7 Å². The van der Waals surface area contributed by atoms with E-state index in [1.54, 1.807) is 13.8 Å². The Morgan fingerprint density at radius 2 is 1.43 bits per heavy atom. The first-order valence-corrected chi connectivity index (χ1v) is 11.5. The molecule has 9 N–H and O–H groups in total. The molecular formula is C22H32N8O7. The number of carbonyl (C=O) groups is 5. The van der Waals surface area contributed by atoms with Gasteiger partial charge in [-0.1, -0.05) is 13.8 Å². The Morgan fingerprint density at radius 3 is 1.92 bits per heavy atom. The van der Waals surface area contributed by atoms with Crippen LogP contribution in [0.1, 0.15) is 38.1 Å². The van der Waals surface area contributed by atoms with Gasteiger partial charge in [0, 0.05) is 43.0 Å². The Bertz CT molecular complexity index is 1060. The summed E-state index contributed by atoms with van der Waals surface area (Å²) in [5.41, 5.74) is 7.08. The number of nitrogens with zero attached hydrogens (tertiary/aromatic N) is 2. The number of amides is 3. The smallest absolute Gasteiger partial charge is 0.326 e. The fourth-order valence-corrected chi connectivity index (χ4v) is 3.41. The van der Waals surface area contributed by atoms with Crippen molar-refractivity contribution in [1.82, 2.24) is 35.9 Å². The molecule has 0 saturated carbocycles. The number of hydrogen-bond donors (Lipinski definition) is 8. The van der Waals surface area contributed by atoms with E-state index in [2.05, 4.69) is 35.9 Å². The van der Waals surface area contributed by atoms with Gasteiger partial charge in [0.05, 0.1) is 18.7 Å². The van der Waals surface area contributed by atoms with Crippen LogP contribution in [0.15, 0.2) is 25.0 Å². The molecule has 2 heterocycles. The summed E-state index contributed by atoms with van der Waals surface area (Å²) in [6, 6.07) is -4.76. The second-order valence-corrected chi connectivity index (χ2v) is 8.79. The number of aromatic nitrogens is 4. The molecule has 15 heteroatoms. The Balaban J connectivity index is 2.13. The molecule has 2 aromatic rings. The van der Waals surface area contributed by atoms with Gasteiger partial charge in [-0.05, 0) is 12.3 Å². The number of aromatic amines is 2. The first-order valence-electron chi connectivity index (χ1n) is 11.5. The van der Waals surface area contributed by atoms with E-state index in [-0.39, 0.29) is 25.2 Å². The summed E-state index contributed by atoms with van der Waals surface area (Å²) >= 11 is 0. The molecule has 0 aliphatic carbocycles. The lowest BCUT2D eigenvalue weighted by molar-refractivity contribution is -0.143. The van der Waals surface area contributed by atoms with Crippen LogP contribution in [0.2, 0.25) is 0 Å². The number of carbonyl (C=O) groups excluding carboxylic acids is 3. The van der Waals surface area contributed by atoms with Crippen molar-refractivity contribution >= 4 is 29.7 Å². The fraction of sp³-hybridized carbons (Fsp3) is 0.500. The highest BCUT2D eigenvalue weighted by atomic mass is 16.4. The second kappa shape index (κ2) is 13.7. The van der Waals surface area contributed by atoms with Crippen LogP contribution < -0.4 is 21.7 Å². The Hall–Kier alpha value is -4.27. The van der Waals surface area contributed by atoms with Crippen LogP contribution in [0, 0.1) is 5.92 Å². The van der Waals surface area contributed by atoms with Crippen molar-refractivity contribution in [3.05, 3.63) is 36.4 Å². The van der Waals surface area contributed by atoms with Gasteiger partial charge in [-0.2, -0.15) is 0 Å². The topological polar surface area (TPSA) is 245 Å². The summed E-state index contributed by atoms with van der Waals surface area (Å²) in [5, 5.41) is 25.7. The van der Waals surface area contributed by atoms with Crippen molar-refractivity contribution < 1.29 is 34.2 Å². The zero-order chi connectivity index (χ0) is 27.5. The molecule has 0 spiro atoms. The minimum absolute atomic E-state index is 0.0685. The minimum Gasteiger partial charge on any atom is -0.481 e. The Labute approximate surface area is 212 Å². The van der Waals surface area contributed by atoms with Crippen LogP contribution >= 0.6 is 0 Å². The van der Waals surface area contributed by atoms with E-state index in [4.69, 9.17) is 10.8 Å². The van der Waals surface area contributed by atoms with Crippen LogP contribution in [0.5, 0.6) is 0 Å². The SMILES string of the molecule is CC(C)C(NC(=O)C(N)Cc1cnc[nH]1)C(=O)NC(Cc1cnc[nH]1)C(=O)NC(CCC(=O)O)C(=O)O. The third-order valence-electron chi connectivity index (χ3n) is 5.45. The quantitative estimate of drug-likeness (QED) is 0.132. The number of nitrogens with two attached hydrogens (primary N) is 1. The molecule has 2 rings (SSSR count). The average Bonchev–Trinajstić information content (AvgIpc) is 3.53. The van der Waals surface area contributed by atoms with Crippen LogP contribution in [0.4, 0.5) is 0 Å². The molecule has 3 amide bonds. The maximum Gasteiger partial charge on any atom is 0.326 e. The van der Waals surface area contributed by atoms with Crippen molar-refractivity contribution in [2.75, 3.05) is 0 Å². The molecule has 0 saturated heterocycles. The molecular weight excluding hydrogens is 488 g/mol. The first-order chi connectivity index (χ1) is 17.5. The van der Waals surface area contributed by atoms with Crippen LogP contribution in [-0.2, 0) is 36.8 Å². The van der Waals surface area contributed by atoms with E-state index < -0.39 is 60.2 Å². The molecule has 4 atom stereocenters. The molecule has 37 heavy (non-hydrogen) atoms. The van der Waals surface area contributed by atoms with E-state index in [1.807, 2.05) is 0 Å². The van der Waals surface area contributed by atoms with Crippen molar-refractivity contribution in [1.29, 1.82) is 0 Å². The van der Waals surface area contributed by atoms with Gasteiger partial charge in [-0.3, -0.25) is 19.2 Å². The molecule has 0 fully saturated rings. The fourth-order valence-electron chi connectivity index (χ4n) is 3.41. The largest absolute Gasteiger partial charge is 0.481 e. The third-order valence-corrected chi connectivity index (χ3v) is 5.45. The van der Waals surface area contributed by atoms with Gasteiger partial charge in [0.25, 0.3) is 0 Å². The van der Waals surface area contributed by atoms with Gasteiger partial charge in [0.2, 0.25) is 17.7 Å². The predicted molar refractivity (Wildman–Crippen MR) is 128 cm³/mol. The number of hydrogen-bond acceptors (Lipinski definition) is 8. The van der Waals surface area contributed by atoms with Gasteiger partial charge >= 0.3 is 11.9 Å². The van der Waals surface area contributed by atoms with E-state index in [1.165, 1.54) is 25.0 Å². The highest BCUT2D eigenvalue weighted by Crippen LogP contribution is 2.07. The first kappa shape index (κ1) is 29.0. The highest BCUT2D eigenvalue weighted by molar-refractivity contribution is 5.94. The monoisotopic (exact) mass is 520 g/mol. The molecule has 4 unspecified atom stereocenters. The summed E-state index contributed by atoms with van der Waals surface area (Å²) in [6.45, 7) is 3.39. The van der Waals surface area contributed by atoms with Gasteiger partial charge < -0.3 is 41.9 Å². The molecule has 0 bridgehead atoms. The third kappa shape index (κ3) is 9.36. The van der Waals surface area contributed by atoms with E-state index in [0.717, 1.165) is 0 Å². The van der Waals surface area contributed by atoms with Gasteiger partial charge in [0.1, 0.15) is 18.1 Å². The van der Waals surface area contributed by atoms with Crippen molar-refractivity contribution in [3.8, 4) is 0 Å². The molecule has 0 aliphatic rings. The lowest BCUT2D eigenvalue weighted by atomic mass is 10.0. The number of aliphatic carboxylic acids is 2. The summed E-state index contributed by atoms with van der Waals surface area (Å²) < 4.78 is 0. The van der Waals surface area contributed by atoms with Gasteiger partial charge in [0.15, 0.2) is 0 Å². The van der Waals surface area contributed by atoms with Gasteiger partial charge in [-0.15, -0.1) is 0 Å². The zero-order valence-electron chi connectivity index (χ0n) is 20.4. The van der Waals surface area contributed by atoms with Crippen molar-refractivity contribution in [3.63, 3.8) is 0 Å². The summed E-state index contributed by atoms with van der Waals surface area (Å²) in [5.74, 6) is -5.14. The number of nitrogens with one attached hydrogen (secondary N) is 5. The summed E-state index contributed by atoms with van der Waals surface area (Å²) in [7, 11) is 0. The Morgan fingerprint density at radius 1 is 0.865 bits per heavy atom. The number of imidazole rings is 2. The molecule has 0 aliphatic heterocycles. The van der Waals surface area contributed by atoms with Crippen LogP contribution in [-0.4, -0.2) is 84.0 Å². The molecule has 2 aromatic heterocycles. The standard InChI is InChI=1S/C22H32N8O7/c1-11(2)18(30-19(33)14(23)5-12-7-24-9-26-12)21(35)29-16(6-13-8-25-10-27-13)20(34)28-15(22(36)37)3-4-17(31)32/h7-11,14-16,18H,3-6,23H2,1-2H3,(H,24,26)(H,25,27)(H,28,34)(H,29,35)(H,30,33)(H,31,32)(H,36,37).